The van der Waals surface area contributed by atoms with Gasteiger partial charge in [-0.25, -0.2) is 9.37 Å². The fourth-order valence-electron chi connectivity index (χ4n) is 3.33. The van der Waals surface area contributed by atoms with Crippen LogP contribution in [-0.2, 0) is 13.0 Å². The van der Waals surface area contributed by atoms with Crippen LogP contribution in [0.2, 0.25) is 0 Å². The Labute approximate surface area is 161 Å². The van der Waals surface area contributed by atoms with Crippen LogP contribution in [-0.4, -0.2) is 15.5 Å². The molecule has 6 nitrogen and oxygen atoms in total. The SMILES string of the molecule is N#CC1CCc2nc(C(=O)Nc3cc(-c4ccc(F)cc4)ccc3N)cn2C1. The van der Waals surface area contributed by atoms with Crippen molar-refractivity contribution in [3.8, 4) is 17.2 Å². The van der Waals surface area contributed by atoms with Crippen molar-refractivity contribution in [2.24, 2.45) is 5.92 Å². The van der Waals surface area contributed by atoms with E-state index >= 15 is 0 Å². The van der Waals surface area contributed by atoms with Crippen molar-refractivity contribution >= 4 is 17.3 Å². The van der Waals surface area contributed by atoms with E-state index in [4.69, 9.17) is 11.0 Å². The molecule has 1 aromatic heterocycles. The van der Waals surface area contributed by atoms with Gasteiger partial charge in [-0.15, -0.1) is 0 Å². The maximum Gasteiger partial charge on any atom is 0.275 e. The second-order valence-electron chi connectivity index (χ2n) is 6.82. The van der Waals surface area contributed by atoms with Gasteiger partial charge in [-0.05, 0) is 41.8 Å². The lowest BCUT2D eigenvalue weighted by Crippen LogP contribution is -2.18. The van der Waals surface area contributed by atoms with E-state index in [1.54, 1.807) is 30.5 Å². The average molecular weight is 375 g/mol. The van der Waals surface area contributed by atoms with Crippen molar-refractivity contribution in [1.82, 2.24) is 9.55 Å². The first kappa shape index (κ1) is 17.7. The molecule has 0 saturated carbocycles. The molecule has 7 heteroatoms. The van der Waals surface area contributed by atoms with Crippen molar-refractivity contribution in [3.05, 3.63) is 66.0 Å². The number of fused-ring (bicyclic) bond motifs is 1. The van der Waals surface area contributed by atoms with Crippen LogP contribution in [0, 0.1) is 23.1 Å². The Kier molecular flexibility index (Phi) is 4.53. The van der Waals surface area contributed by atoms with Crippen molar-refractivity contribution in [1.29, 1.82) is 5.26 Å². The molecule has 0 spiro atoms. The molecule has 1 aliphatic heterocycles. The predicted molar refractivity (Wildman–Crippen MR) is 104 cm³/mol. The zero-order valence-corrected chi connectivity index (χ0v) is 15.0. The summed E-state index contributed by atoms with van der Waals surface area (Å²) in [5.41, 5.74) is 8.82. The standard InChI is InChI=1S/C21H18FN5O/c22-16-5-2-14(3-6-16)15-4-7-17(24)18(9-15)26-21(28)19-12-27-11-13(10-23)1-8-20(27)25-19/h2-7,9,12-13H,1,8,11,24H2,(H,26,28). The van der Waals surface area contributed by atoms with Gasteiger partial charge in [-0.1, -0.05) is 18.2 Å². The van der Waals surface area contributed by atoms with Crippen molar-refractivity contribution in [2.45, 2.75) is 19.4 Å². The molecule has 0 aliphatic carbocycles. The minimum absolute atomic E-state index is 0.0550. The quantitative estimate of drug-likeness (QED) is 0.684. The van der Waals surface area contributed by atoms with Gasteiger partial charge in [0.1, 0.15) is 17.3 Å². The monoisotopic (exact) mass is 375 g/mol. The molecule has 0 bridgehead atoms. The molecule has 1 atom stereocenters. The third kappa shape index (κ3) is 3.45. The summed E-state index contributed by atoms with van der Waals surface area (Å²) in [5, 5.41) is 11.9. The van der Waals surface area contributed by atoms with Gasteiger partial charge < -0.3 is 15.6 Å². The molecule has 1 aliphatic rings. The predicted octanol–water partition coefficient (Wildman–Crippen LogP) is 3.61. The largest absolute Gasteiger partial charge is 0.397 e. The number of carbonyl (C=O) groups is 1. The van der Waals surface area contributed by atoms with Gasteiger partial charge in [0.05, 0.1) is 23.4 Å². The molecule has 0 saturated heterocycles. The number of nitrogens with zero attached hydrogens (tertiary/aromatic N) is 3. The zero-order valence-electron chi connectivity index (χ0n) is 15.0. The number of hydrogen-bond acceptors (Lipinski definition) is 4. The van der Waals surface area contributed by atoms with E-state index in [0.717, 1.165) is 23.4 Å². The number of anilines is 2. The van der Waals surface area contributed by atoms with Crippen LogP contribution in [0.1, 0.15) is 22.7 Å². The van der Waals surface area contributed by atoms with Crippen molar-refractivity contribution in [2.75, 3.05) is 11.1 Å². The average Bonchev–Trinajstić information content (AvgIpc) is 3.13. The molecule has 3 aromatic rings. The van der Waals surface area contributed by atoms with E-state index in [2.05, 4.69) is 16.4 Å². The van der Waals surface area contributed by atoms with Gasteiger partial charge in [-0.2, -0.15) is 5.26 Å². The summed E-state index contributed by atoms with van der Waals surface area (Å²) in [6.45, 7) is 0.550. The van der Waals surface area contributed by atoms with Gasteiger partial charge in [0, 0.05) is 19.2 Å². The second-order valence-corrected chi connectivity index (χ2v) is 6.82. The first-order valence-corrected chi connectivity index (χ1v) is 8.96. The lowest BCUT2D eigenvalue weighted by molar-refractivity contribution is 0.102. The minimum atomic E-state index is -0.363. The number of aromatic nitrogens is 2. The van der Waals surface area contributed by atoms with E-state index < -0.39 is 0 Å². The number of imidazole rings is 1. The molecule has 3 N–H and O–H groups in total. The fourth-order valence-corrected chi connectivity index (χ4v) is 3.33. The molecule has 4 rings (SSSR count). The van der Waals surface area contributed by atoms with Crippen LogP contribution in [0.4, 0.5) is 15.8 Å². The lowest BCUT2D eigenvalue weighted by Gasteiger charge is -2.17. The Morgan fingerprint density at radius 1 is 1.25 bits per heavy atom. The van der Waals surface area contributed by atoms with Gasteiger partial charge in [0.25, 0.3) is 5.91 Å². The smallest absolute Gasteiger partial charge is 0.275 e. The number of nitrogen functional groups attached to an aromatic ring is 1. The Balaban J connectivity index is 1.57. The second kappa shape index (κ2) is 7.16. The first-order chi connectivity index (χ1) is 13.5. The Morgan fingerprint density at radius 3 is 2.75 bits per heavy atom. The topological polar surface area (TPSA) is 96.7 Å². The number of carbonyl (C=O) groups excluding carboxylic acids is 1. The van der Waals surface area contributed by atoms with Crippen LogP contribution < -0.4 is 11.1 Å². The molecule has 140 valence electrons. The molecule has 1 unspecified atom stereocenters. The third-order valence-electron chi connectivity index (χ3n) is 4.89. The highest BCUT2D eigenvalue weighted by molar-refractivity contribution is 6.04. The summed E-state index contributed by atoms with van der Waals surface area (Å²) in [7, 11) is 0. The van der Waals surface area contributed by atoms with E-state index in [0.29, 0.717) is 30.0 Å². The number of nitrogens with two attached hydrogens (primary N) is 1. The van der Waals surface area contributed by atoms with Crippen LogP contribution in [0.25, 0.3) is 11.1 Å². The number of aryl methyl sites for hydroxylation is 1. The van der Waals surface area contributed by atoms with Crippen LogP contribution in [0.5, 0.6) is 0 Å². The molecule has 2 heterocycles. The van der Waals surface area contributed by atoms with Crippen molar-refractivity contribution < 1.29 is 9.18 Å². The molecule has 1 amide bonds. The minimum Gasteiger partial charge on any atom is -0.397 e. The zero-order chi connectivity index (χ0) is 19.7. The Hall–Kier alpha value is -3.66. The Bertz CT molecular complexity index is 1080. The van der Waals surface area contributed by atoms with E-state index in [9.17, 15) is 9.18 Å². The number of nitrogens with one attached hydrogen (secondary N) is 1. The summed E-state index contributed by atoms with van der Waals surface area (Å²) in [4.78, 5) is 17.1. The highest BCUT2D eigenvalue weighted by Gasteiger charge is 2.22. The molecule has 0 fully saturated rings. The van der Waals surface area contributed by atoms with E-state index in [-0.39, 0.29) is 17.6 Å². The summed E-state index contributed by atoms with van der Waals surface area (Å²) in [5.74, 6) is 0.0822. The Morgan fingerprint density at radius 2 is 2.00 bits per heavy atom. The highest BCUT2D eigenvalue weighted by Crippen LogP contribution is 2.28. The normalized spacial score (nSPS) is 15.5. The number of rotatable bonds is 3. The van der Waals surface area contributed by atoms with Crippen LogP contribution >= 0.6 is 0 Å². The number of hydrogen-bond donors (Lipinski definition) is 2. The van der Waals surface area contributed by atoms with E-state index in [1.165, 1.54) is 12.1 Å². The van der Waals surface area contributed by atoms with E-state index in [1.807, 2.05) is 10.6 Å². The maximum absolute atomic E-state index is 13.1. The van der Waals surface area contributed by atoms with Gasteiger partial charge in [0.15, 0.2) is 0 Å². The van der Waals surface area contributed by atoms with Crippen LogP contribution in [0.3, 0.4) is 0 Å². The van der Waals surface area contributed by atoms with Gasteiger partial charge >= 0.3 is 0 Å². The summed E-state index contributed by atoms with van der Waals surface area (Å²) in [6.07, 6.45) is 3.10. The molecule has 2 aromatic carbocycles. The molecule has 28 heavy (non-hydrogen) atoms. The highest BCUT2D eigenvalue weighted by atomic mass is 19.1. The lowest BCUT2D eigenvalue weighted by atomic mass is 10.0. The summed E-state index contributed by atoms with van der Waals surface area (Å²) < 4.78 is 15.0. The first-order valence-electron chi connectivity index (χ1n) is 8.96. The van der Waals surface area contributed by atoms with Gasteiger partial charge in [0.2, 0.25) is 0 Å². The van der Waals surface area contributed by atoms with Crippen LogP contribution in [0.15, 0.2) is 48.7 Å². The number of nitriles is 1. The third-order valence-corrected chi connectivity index (χ3v) is 4.89. The summed E-state index contributed by atoms with van der Waals surface area (Å²) in [6, 6.07) is 13.6. The molecular weight excluding hydrogens is 357 g/mol. The number of benzene rings is 2. The maximum atomic E-state index is 13.1. The number of halogens is 1. The van der Waals surface area contributed by atoms with Gasteiger partial charge in [-0.3, -0.25) is 4.79 Å². The van der Waals surface area contributed by atoms with Crippen molar-refractivity contribution in [3.63, 3.8) is 0 Å². The summed E-state index contributed by atoms with van der Waals surface area (Å²) >= 11 is 0. The fraction of sp³-hybridized carbons (Fsp3) is 0.190. The number of amides is 1. The molecule has 0 radical (unpaired) electrons. The molecular formula is C21H18FN5O.